The number of likely N-dealkylation sites (tertiary alicyclic amines) is 1. The van der Waals surface area contributed by atoms with Crippen LogP contribution in [-0.2, 0) is 18.8 Å². The molecule has 1 rings (SSSR count). The third-order valence-corrected chi connectivity index (χ3v) is 9.17. The molecule has 0 aromatic heterocycles. The van der Waals surface area contributed by atoms with E-state index in [0.29, 0.717) is 0 Å². The van der Waals surface area contributed by atoms with Gasteiger partial charge in [0.25, 0.3) is 0 Å². The van der Waals surface area contributed by atoms with Crippen LogP contribution in [0.4, 0.5) is 0 Å². The summed E-state index contributed by atoms with van der Waals surface area (Å²) in [6.07, 6.45) is -0.556. The van der Waals surface area contributed by atoms with Gasteiger partial charge in [-0.15, -0.1) is 0 Å². The van der Waals surface area contributed by atoms with Crippen molar-refractivity contribution >= 4 is 26.2 Å². The van der Waals surface area contributed by atoms with Crippen molar-refractivity contribution in [1.29, 1.82) is 0 Å². The Morgan fingerprint density at radius 2 is 1.82 bits per heavy atom. The third kappa shape index (κ3) is 3.49. The molecule has 1 fully saturated rings. The van der Waals surface area contributed by atoms with Crippen LogP contribution in [0.1, 0.15) is 27.7 Å². The van der Waals surface area contributed by atoms with E-state index in [1.807, 2.05) is 13.1 Å². The van der Waals surface area contributed by atoms with Crippen LogP contribution in [0.2, 0.25) is 18.1 Å². The van der Waals surface area contributed by atoms with E-state index in [1.165, 1.54) is 0 Å². The standard InChI is InChI=1S/C14H25NO6Si/c1-8(21-22(5,6)14(2,3)4)10-11(13(19)20)15(12(10)18)7-9(16)17/h8,10-11H,7H2,1-6H3,(H,16,17)(H,19,20)/t8?,10-,11+/m0/s1. The Bertz CT molecular complexity index is 484. The molecule has 1 saturated heterocycles. The second-order valence-electron chi connectivity index (χ2n) is 7.25. The van der Waals surface area contributed by atoms with Gasteiger partial charge in [0, 0.05) is 0 Å². The van der Waals surface area contributed by atoms with E-state index in [0.717, 1.165) is 4.90 Å². The maximum atomic E-state index is 12.1. The first-order valence-electron chi connectivity index (χ1n) is 7.22. The molecule has 2 N–H and O–H groups in total. The first-order chi connectivity index (χ1) is 9.79. The molecular weight excluding hydrogens is 306 g/mol. The monoisotopic (exact) mass is 331 g/mol. The highest BCUT2D eigenvalue weighted by Crippen LogP contribution is 2.40. The van der Waals surface area contributed by atoms with Crippen LogP contribution in [0, 0.1) is 5.92 Å². The molecule has 8 heteroatoms. The second-order valence-corrected chi connectivity index (χ2v) is 12.0. The number of carboxylic acid groups (broad SMARTS) is 2. The van der Waals surface area contributed by atoms with E-state index in [-0.39, 0.29) is 5.04 Å². The van der Waals surface area contributed by atoms with E-state index >= 15 is 0 Å². The van der Waals surface area contributed by atoms with Crippen molar-refractivity contribution in [3.05, 3.63) is 0 Å². The number of rotatable bonds is 6. The number of amides is 1. The van der Waals surface area contributed by atoms with Crippen LogP contribution < -0.4 is 0 Å². The van der Waals surface area contributed by atoms with Gasteiger partial charge in [0.05, 0.1) is 12.0 Å². The summed E-state index contributed by atoms with van der Waals surface area (Å²) in [4.78, 5) is 35.1. The molecule has 0 bridgehead atoms. The summed E-state index contributed by atoms with van der Waals surface area (Å²) in [6.45, 7) is 11.3. The SMILES string of the molecule is CC(O[Si](C)(C)C(C)(C)C)[C@@H]1C(=O)N(CC(=O)O)[C@H]1C(=O)O. The first-order valence-corrected chi connectivity index (χ1v) is 10.1. The van der Waals surface area contributed by atoms with Crippen molar-refractivity contribution < 1.29 is 29.0 Å². The van der Waals surface area contributed by atoms with Crippen molar-refractivity contribution in [2.24, 2.45) is 5.92 Å². The molecule has 1 amide bonds. The van der Waals surface area contributed by atoms with Crippen molar-refractivity contribution in [2.45, 2.75) is 58.0 Å². The smallest absolute Gasteiger partial charge is 0.327 e. The zero-order valence-corrected chi connectivity index (χ0v) is 14.9. The molecule has 0 saturated carbocycles. The van der Waals surface area contributed by atoms with Crippen molar-refractivity contribution in [3.8, 4) is 0 Å². The summed E-state index contributed by atoms with van der Waals surface area (Å²) >= 11 is 0. The van der Waals surface area contributed by atoms with Crippen LogP contribution in [-0.4, -0.2) is 60.0 Å². The van der Waals surface area contributed by atoms with Crippen LogP contribution in [0.25, 0.3) is 0 Å². The molecule has 1 aliphatic heterocycles. The zero-order valence-electron chi connectivity index (χ0n) is 13.9. The number of nitrogens with zero attached hydrogens (tertiary/aromatic N) is 1. The minimum atomic E-state index is -2.14. The van der Waals surface area contributed by atoms with Gasteiger partial charge < -0.3 is 19.5 Å². The maximum absolute atomic E-state index is 12.1. The largest absolute Gasteiger partial charge is 0.480 e. The number of carboxylic acids is 2. The summed E-state index contributed by atoms with van der Waals surface area (Å²) < 4.78 is 6.09. The Morgan fingerprint density at radius 1 is 1.32 bits per heavy atom. The van der Waals surface area contributed by atoms with Gasteiger partial charge in [0.15, 0.2) is 8.32 Å². The average molecular weight is 331 g/mol. The number of hydrogen-bond acceptors (Lipinski definition) is 4. The van der Waals surface area contributed by atoms with Gasteiger partial charge in [0.1, 0.15) is 12.6 Å². The van der Waals surface area contributed by atoms with Crippen molar-refractivity contribution in [2.75, 3.05) is 6.54 Å². The van der Waals surface area contributed by atoms with Gasteiger partial charge in [-0.25, -0.2) is 4.79 Å². The number of aliphatic carboxylic acids is 2. The number of hydrogen-bond donors (Lipinski definition) is 2. The predicted molar refractivity (Wildman–Crippen MR) is 82.0 cm³/mol. The van der Waals surface area contributed by atoms with E-state index in [9.17, 15) is 19.5 Å². The highest BCUT2D eigenvalue weighted by Gasteiger charge is 2.56. The van der Waals surface area contributed by atoms with Crippen LogP contribution >= 0.6 is 0 Å². The summed E-state index contributed by atoms with van der Waals surface area (Å²) in [7, 11) is -2.14. The van der Waals surface area contributed by atoms with E-state index in [4.69, 9.17) is 9.53 Å². The molecule has 0 aromatic carbocycles. The first kappa shape index (κ1) is 18.6. The Labute approximate surface area is 131 Å². The minimum Gasteiger partial charge on any atom is -0.480 e. The van der Waals surface area contributed by atoms with E-state index < -0.39 is 50.8 Å². The Balaban J connectivity index is 2.89. The lowest BCUT2D eigenvalue weighted by Crippen LogP contribution is -2.69. The lowest BCUT2D eigenvalue weighted by Gasteiger charge is -2.48. The Hall–Kier alpha value is -1.41. The molecule has 0 aliphatic carbocycles. The molecule has 1 unspecified atom stereocenters. The molecule has 0 spiro atoms. The predicted octanol–water partition coefficient (Wildman–Crippen LogP) is 1.39. The quantitative estimate of drug-likeness (QED) is 0.563. The molecule has 126 valence electrons. The van der Waals surface area contributed by atoms with E-state index in [2.05, 4.69) is 20.8 Å². The van der Waals surface area contributed by atoms with Gasteiger partial charge in [-0.2, -0.15) is 0 Å². The highest BCUT2D eigenvalue weighted by atomic mass is 28.4. The summed E-state index contributed by atoms with van der Waals surface area (Å²) in [5.74, 6) is -3.72. The Kier molecular flexibility index (Phi) is 5.08. The van der Waals surface area contributed by atoms with Crippen LogP contribution in [0.5, 0.6) is 0 Å². The molecule has 0 aromatic rings. The minimum absolute atomic E-state index is 0.0620. The summed E-state index contributed by atoms with van der Waals surface area (Å²) in [5.41, 5.74) is 0. The lowest BCUT2D eigenvalue weighted by molar-refractivity contribution is -0.179. The fourth-order valence-electron chi connectivity index (χ4n) is 2.36. The van der Waals surface area contributed by atoms with E-state index in [1.54, 1.807) is 6.92 Å². The third-order valence-electron chi connectivity index (χ3n) is 4.60. The van der Waals surface area contributed by atoms with Crippen LogP contribution in [0.15, 0.2) is 0 Å². The van der Waals surface area contributed by atoms with Gasteiger partial charge in [-0.1, -0.05) is 20.8 Å². The maximum Gasteiger partial charge on any atom is 0.327 e. The molecule has 1 aliphatic rings. The molecule has 22 heavy (non-hydrogen) atoms. The van der Waals surface area contributed by atoms with Gasteiger partial charge >= 0.3 is 11.9 Å². The molecule has 3 atom stereocenters. The fraction of sp³-hybridized carbons (Fsp3) is 0.786. The zero-order chi connectivity index (χ0) is 17.5. The summed E-state index contributed by atoms with van der Waals surface area (Å²) in [6, 6.07) is -1.14. The molecule has 1 heterocycles. The van der Waals surface area contributed by atoms with Crippen molar-refractivity contribution in [1.82, 2.24) is 4.90 Å². The Morgan fingerprint density at radius 3 is 2.18 bits per heavy atom. The number of β-lactam (4-membered cyclic amide) rings is 1. The number of carbonyl (C=O) groups is 3. The lowest BCUT2D eigenvalue weighted by atomic mass is 9.83. The second kappa shape index (κ2) is 6.00. The van der Waals surface area contributed by atoms with Crippen molar-refractivity contribution in [3.63, 3.8) is 0 Å². The topological polar surface area (TPSA) is 104 Å². The van der Waals surface area contributed by atoms with Gasteiger partial charge in [-0.05, 0) is 25.1 Å². The van der Waals surface area contributed by atoms with Gasteiger partial charge in [0.2, 0.25) is 5.91 Å². The normalized spacial score (nSPS) is 23.9. The molecule has 7 nitrogen and oxygen atoms in total. The number of carbonyl (C=O) groups excluding carboxylic acids is 1. The molecular formula is C14H25NO6Si. The summed E-state index contributed by atoms with van der Waals surface area (Å²) in [5, 5.41) is 18.0. The van der Waals surface area contributed by atoms with Gasteiger partial charge in [-0.3, -0.25) is 9.59 Å². The fourth-order valence-corrected chi connectivity index (χ4v) is 3.79. The van der Waals surface area contributed by atoms with Crippen LogP contribution in [0.3, 0.4) is 0 Å². The average Bonchev–Trinajstić information content (AvgIpc) is 2.29. The molecule has 0 radical (unpaired) electrons. The highest BCUT2D eigenvalue weighted by molar-refractivity contribution is 6.74.